The third kappa shape index (κ3) is 5.71. The number of amides is 1. The standard InChI is InChI=1S/C21H25BrN4O2S/c22-16-3-5-18(6-4-16)29-20-8-7-19(24-25-20)26-11-9-15(10-12-26)21(27)23-14-17-2-1-13-28-17/h3-8,15,17H,1-2,9-14H2,(H,23,27). The van der Waals surface area contributed by atoms with Crippen molar-refractivity contribution in [3.63, 3.8) is 0 Å². The zero-order chi connectivity index (χ0) is 20.1. The smallest absolute Gasteiger partial charge is 0.223 e. The molecule has 0 bridgehead atoms. The van der Waals surface area contributed by atoms with Gasteiger partial charge in [0.1, 0.15) is 5.03 Å². The van der Waals surface area contributed by atoms with Gasteiger partial charge < -0.3 is 15.0 Å². The molecular formula is C21H25BrN4O2S. The second-order valence-electron chi connectivity index (χ2n) is 7.43. The highest BCUT2D eigenvalue weighted by Gasteiger charge is 2.26. The fraction of sp³-hybridized carbons (Fsp3) is 0.476. The molecule has 2 aliphatic heterocycles. The molecule has 0 spiro atoms. The van der Waals surface area contributed by atoms with Gasteiger partial charge in [0.25, 0.3) is 0 Å². The van der Waals surface area contributed by atoms with Crippen LogP contribution in [0.25, 0.3) is 0 Å². The van der Waals surface area contributed by atoms with E-state index in [4.69, 9.17) is 4.74 Å². The van der Waals surface area contributed by atoms with Gasteiger partial charge in [0.15, 0.2) is 5.82 Å². The van der Waals surface area contributed by atoms with Crippen LogP contribution in [-0.4, -0.2) is 48.4 Å². The first-order chi connectivity index (χ1) is 14.2. The van der Waals surface area contributed by atoms with Gasteiger partial charge in [-0.3, -0.25) is 4.79 Å². The predicted octanol–water partition coefficient (Wildman–Crippen LogP) is 3.90. The van der Waals surface area contributed by atoms with Crippen LogP contribution < -0.4 is 10.2 Å². The Labute approximate surface area is 183 Å². The maximum atomic E-state index is 12.4. The van der Waals surface area contributed by atoms with Crippen molar-refractivity contribution in [3.8, 4) is 0 Å². The fourth-order valence-corrected chi connectivity index (χ4v) is 4.69. The number of hydrogen-bond acceptors (Lipinski definition) is 6. The molecule has 2 aliphatic rings. The second-order valence-corrected chi connectivity index (χ2v) is 9.44. The quantitative estimate of drug-likeness (QED) is 0.681. The van der Waals surface area contributed by atoms with E-state index in [1.165, 1.54) is 0 Å². The van der Waals surface area contributed by atoms with E-state index < -0.39 is 0 Å². The first-order valence-electron chi connectivity index (χ1n) is 10.1. The van der Waals surface area contributed by atoms with E-state index in [0.717, 1.165) is 65.6 Å². The van der Waals surface area contributed by atoms with Gasteiger partial charge in [0.05, 0.1) is 6.10 Å². The topological polar surface area (TPSA) is 67.3 Å². The van der Waals surface area contributed by atoms with Crippen molar-refractivity contribution in [1.82, 2.24) is 15.5 Å². The molecule has 6 nitrogen and oxygen atoms in total. The highest BCUT2D eigenvalue weighted by molar-refractivity contribution is 9.10. The zero-order valence-electron chi connectivity index (χ0n) is 16.2. The van der Waals surface area contributed by atoms with Crippen LogP contribution in [0.4, 0.5) is 5.82 Å². The SMILES string of the molecule is O=C(NCC1CCCO1)C1CCN(c2ccc(Sc3ccc(Br)cc3)nn2)CC1. The molecule has 8 heteroatoms. The van der Waals surface area contributed by atoms with Crippen LogP contribution in [0.5, 0.6) is 0 Å². The van der Waals surface area contributed by atoms with Crippen LogP contribution in [0.1, 0.15) is 25.7 Å². The van der Waals surface area contributed by atoms with Gasteiger partial charge >= 0.3 is 0 Å². The molecule has 2 fully saturated rings. The highest BCUT2D eigenvalue weighted by Crippen LogP contribution is 2.28. The number of carbonyl (C=O) groups is 1. The molecule has 1 aromatic carbocycles. The lowest BCUT2D eigenvalue weighted by atomic mass is 9.96. The van der Waals surface area contributed by atoms with Crippen molar-refractivity contribution < 1.29 is 9.53 Å². The number of hydrogen-bond donors (Lipinski definition) is 1. The Morgan fingerprint density at radius 2 is 1.93 bits per heavy atom. The van der Waals surface area contributed by atoms with Crippen LogP contribution >= 0.6 is 27.7 Å². The Morgan fingerprint density at radius 3 is 2.59 bits per heavy atom. The van der Waals surface area contributed by atoms with Crippen LogP contribution in [0.3, 0.4) is 0 Å². The van der Waals surface area contributed by atoms with Crippen molar-refractivity contribution in [1.29, 1.82) is 0 Å². The Kier molecular flexibility index (Phi) is 7.05. The van der Waals surface area contributed by atoms with Crippen LogP contribution in [-0.2, 0) is 9.53 Å². The van der Waals surface area contributed by atoms with Gasteiger partial charge in [0, 0.05) is 41.5 Å². The first kappa shape index (κ1) is 20.6. The van der Waals surface area contributed by atoms with Crippen molar-refractivity contribution in [3.05, 3.63) is 40.9 Å². The maximum absolute atomic E-state index is 12.4. The largest absolute Gasteiger partial charge is 0.376 e. The Bertz CT molecular complexity index is 804. The summed E-state index contributed by atoms with van der Waals surface area (Å²) in [4.78, 5) is 15.8. The Morgan fingerprint density at radius 1 is 1.14 bits per heavy atom. The van der Waals surface area contributed by atoms with Gasteiger partial charge in [-0.2, -0.15) is 0 Å². The van der Waals surface area contributed by atoms with E-state index in [1.54, 1.807) is 11.8 Å². The van der Waals surface area contributed by atoms with E-state index in [9.17, 15) is 4.79 Å². The van der Waals surface area contributed by atoms with Gasteiger partial charge in [-0.1, -0.05) is 27.7 Å². The number of nitrogens with one attached hydrogen (secondary N) is 1. The summed E-state index contributed by atoms with van der Waals surface area (Å²) in [6.45, 7) is 3.11. The molecule has 0 radical (unpaired) electrons. The molecule has 1 N–H and O–H groups in total. The molecule has 1 atom stereocenters. The van der Waals surface area contributed by atoms with Gasteiger partial charge in [-0.15, -0.1) is 10.2 Å². The maximum Gasteiger partial charge on any atom is 0.223 e. The molecule has 1 aromatic heterocycles. The van der Waals surface area contributed by atoms with Gasteiger partial charge in [-0.25, -0.2) is 0 Å². The lowest BCUT2D eigenvalue weighted by molar-refractivity contribution is -0.126. The van der Waals surface area contributed by atoms with E-state index >= 15 is 0 Å². The summed E-state index contributed by atoms with van der Waals surface area (Å²) in [6.07, 6.45) is 4.03. The normalized spacial score (nSPS) is 20.0. The number of nitrogens with zero attached hydrogens (tertiary/aromatic N) is 3. The number of rotatable bonds is 6. The van der Waals surface area contributed by atoms with Crippen molar-refractivity contribution in [2.75, 3.05) is 31.1 Å². The fourth-order valence-electron chi connectivity index (χ4n) is 3.69. The number of benzene rings is 1. The molecule has 0 aliphatic carbocycles. The number of aromatic nitrogens is 2. The molecule has 2 saturated heterocycles. The molecule has 1 unspecified atom stereocenters. The summed E-state index contributed by atoms with van der Waals surface area (Å²) in [7, 11) is 0. The summed E-state index contributed by atoms with van der Waals surface area (Å²) < 4.78 is 6.64. The third-order valence-corrected chi connectivity index (χ3v) is 6.84. The number of carbonyl (C=O) groups excluding carboxylic acids is 1. The predicted molar refractivity (Wildman–Crippen MR) is 117 cm³/mol. The van der Waals surface area contributed by atoms with E-state index in [0.29, 0.717) is 6.54 Å². The van der Waals surface area contributed by atoms with Crippen molar-refractivity contribution in [2.45, 2.75) is 41.7 Å². The van der Waals surface area contributed by atoms with Crippen LogP contribution in [0.15, 0.2) is 50.8 Å². The number of halogens is 1. The minimum Gasteiger partial charge on any atom is -0.376 e. The average molecular weight is 477 g/mol. The molecule has 4 rings (SSSR count). The second kappa shape index (κ2) is 9.91. The molecule has 2 aromatic rings. The summed E-state index contributed by atoms with van der Waals surface area (Å²) in [5.41, 5.74) is 0. The Hall–Kier alpha value is -1.64. The Balaban J connectivity index is 1.24. The van der Waals surface area contributed by atoms with Gasteiger partial charge in [0.2, 0.25) is 5.91 Å². The van der Waals surface area contributed by atoms with Gasteiger partial charge in [-0.05, 0) is 62.1 Å². The minimum absolute atomic E-state index is 0.0767. The first-order valence-corrected chi connectivity index (χ1v) is 11.7. The summed E-state index contributed by atoms with van der Waals surface area (Å²) >= 11 is 5.04. The van der Waals surface area contributed by atoms with Crippen molar-refractivity contribution in [2.24, 2.45) is 5.92 Å². The lowest BCUT2D eigenvalue weighted by Gasteiger charge is -2.32. The molecule has 0 saturated carbocycles. The molecule has 3 heterocycles. The monoisotopic (exact) mass is 476 g/mol. The molecule has 154 valence electrons. The van der Waals surface area contributed by atoms with E-state index in [-0.39, 0.29) is 17.9 Å². The molecular weight excluding hydrogens is 452 g/mol. The third-order valence-electron chi connectivity index (χ3n) is 5.38. The summed E-state index contributed by atoms with van der Waals surface area (Å²) in [5, 5.41) is 12.7. The zero-order valence-corrected chi connectivity index (χ0v) is 18.6. The molecule has 1 amide bonds. The number of anilines is 1. The van der Waals surface area contributed by atoms with E-state index in [1.807, 2.05) is 24.3 Å². The van der Waals surface area contributed by atoms with Crippen LogP contribution in [0.2, 0.25) is 0 Å². The lowest BCUT2D eigenvalue weighted by Crippen LogP contribution is -2.42. The number of ether oxygens (including phenoxy) is 1. The van der Waals surface area contributed by atoms with E-state index in [2.05, 4.69) is 48.5 Å². The molecule has 29 heavy (non-hydrogen) atoms. The highest BCUT2D eigenvalue weighted by atomic mass is 79.9. The summed E-state index contributed by atoms with van der Waals surface area (Å²) in [6, 6.07) is 12.2. The summed E-state index contributed by atoms with van der Waals surface area (Å²) in [5.74, 6) is 1.11. The average Bonchev–Trinajstić information content (AvgIpc) is 3.28. The van der Waals surface area contributed by atoms with Crippen LogP contribution in [0, 0.1) is 5.92 Å². The minimum atomic E-state index is 0.0767. The van der Waals surface area contributed by atoms with Crippen molar-refractivity contribution >= 4 is 39.4 Å². The number of piperidine rings is 1.